The topological polar surface area (TPSA) is 59.4 Å². The second kappa shape index (κ2) is 9.99. The molecule has 172 valence electrons. The fourth-order valence-corrected chi connectivity index (χ4v) is 5.41. The van der Waals surface area contributed by atoms with E-state index in [9.17, 15) is 4.79 Å². The first kappa shape index (κ1) is 22.6. The van der Waals surface area contributed by atoms with E-state index in [2.05, 4.69) is 22.9 Å². The fourth-order valence-electron chi connectivity index (χ4n) is 4.31. The lowest BCUT2D eigenvalue weighted by molar-refractivity contribution is 0.0781. The number of halogens is 2. The summed E-state index contributed by atoms with van der Waals surface area (Å²) in [6.07, 6.45) is 6.60. The van der Waals surface area contributed by atoms with Crippen LogP contribution in [0.25, 0.3) is 17.3 Å². The van der Waals surface area contributed by atoms with Gasteiger partial charge in [-0.1, -0.05) is 36.0 Å². The van der Waals surface area contributed by atoms with Gasteiger partial charge in [0, 0.05) is 29.2 Å². The second-order valence-corrected chi connectivity index (χ2v) is 9.87. The number of nitrogens with zero attached hydrogens (tertiary/aromatic N) is 3. The number of benzene rings is 1. The van der Waals surface area contributed by atoms with Crippen LogP contribution in [0.4, 0.5) is 0 Å². The van der Waals surface area contributed by atoms with Crippen LogP contribution in [0.3, 0.4) is 0 Å². The first-order valence-corrected chi connectivity index (χ1v) is 12.7. The molecule has 4 heterocycles. The van der Waals surface area contributed by atoms with E-state index in [4.69, 9.17) is 33.0 Å². The van der Waals surface area contributed by atoms with Crippen molar-refractivity contribution in [3.63, 3.8) is 0 Å². The van der Waals surface area contributed by atoms with Gasteiger partial charge < -0.3 is 4.74 Å². The highest BCUT2D eigenvalue weighted by atomic mass is 35.5. The molecule has 1 N–H and O–H groups in total. The zero-order valence-electron chi connectivity index (χ0n) is 18.0. The highest BCUT2D eigenvalue weighted by Crippen LogP contribution is 2.35. The molecule has 0 spiro atoms. The molecular formula is C24H24Cl2N4O2S. The maximum Gasteiger partial charge on any atom is 0.286 e. The molecule has 0 atom stereocenters. The smallest absolute Gasteiger partial charge is 0.286 e. The number of hydrazine groups is 1. The van der Waals surface area contributed by atoms with Crippen LogP contribution in [0, 0.1) is 0 Å². The molecule has 1 fully saturated rings. The van der Waals surface area contributed by atoms with Gasteiger partial charge in [-0.05, 0) is 59.5 Å². The number of hydrogen-bond donors (Lipinski definition) is 1. The highest BCUT2D eigenvalue weighted by molar-refractivity contribution is 7.08. The molecule has 0 bridgehead atoms. The van der Waals surface area contributed by atoms with Crippen LogP contribution >= 0.6 is 34.5 Å². The Morgan fingerprint density at radius 2 is 1.94 bits per heavy atom. The summed E-state index contributed by atoms with van der Waals surface area (Å²) >= 11 is 14.3. The first-order chi connectivity index (χ1) is 16.1. The standard InChI is InChI=1S/C24H24Cl2N4O2S/c25-18-5-6-21(20(26)12-18)30-23-17(11-16-7-10-33-15-16)13-32-14-19(23)22(27-30)24(31)28-29-8-3-1-2-4-9-29/h5-7,10-12,15H,1-4,8-9,13-14H2,(H,28,31). The van der Waals surface area contributed by atoms with E-state index in [1.54, 1.807) is 28.2 Å². The molecule has 0 aliphatic carbocycles. The molecule has 3 aromatic rings. The van der Waals surface area contributed by atoms with Crippen LogP contribution < -0.4 is 5.43 Å². The first-order valence-electron chi connectivity index (χ1n) is 11.0. The summed E-state index contributed by atoms with van der Waals surface area (Å²) in [6.45, 7) is 2.42. The predicted octanol–water partition coefficient (Wildman–Crippen LogP) is 5.83. The van der Waals surface area contributed by atoms with Gasteiger partial charge in [-0.2, -0.15) is 16.4 Å². The number of carbonyl (C=O) groups is 1. The van der Waals surface area contributed by atoms with Gasteiger partial charge in [0.1, 0.15) is 0 Å². The van der Waals surface area contributed by atoms with Gasteiger partial charge in [0.05, 0.1) is 29.6 Å². The molecule has 1 amide bonds. The van der Waals surface area contributed by atoms with Crippen molar-refractivity contribution < 1.29 is 9.53 Å². The van der Waals surface area contributed by atoms with Crippen LogP contribution in [0.15, 0.2) is 35.0 Å². The van der Waals surface area contributed by atoms with Crippen LogP contribution in [-0.4, -0.2) is 40.4 Å². The zero-order valence-corrected chi connectivity index (χ0v) is 20.3. The normalized spacial score (nSPS) is 18.2. The molecule has 1 saturated heterocycles. The average molecular weight is 503 g/mol. The third-order valence-corrected chi connectivity index (χ3v) is 7.13. The Bertz CT molecular complexity index is 1180. The maximum absolute atomic E-state index is 13.3. The van der Waals surface area contributed by atoms with Gasteiger partial charge in [0.15, 0.2) is 5.69 Å². The van der Waals surface area contributed by atoms with Crippen molar-refractivity contribution in [3.05, 3.63) is 67.6 Å². The van der Waals surface area contributed by atoms with Gasteiger partial charge in [0.2, 0.25) is 0 Å². The molecule has 1 aromatic carbocycles. The molecule has 5 rings (SSSR count). The van der Waals surface area contributed by atoms with Crippen molar-refractivity contribution in [2.24, 2.45) is 0 Å². The molecule has 2 aliphatic rings. The van der Waals surface area contributed by atoms with E-state index in [0.29, 0.717) is 34.6 Å². The Hall–Kier alpha value is -2.16. The van der Waals surface area contributed by atoms with Crippen molar-refractivity contribution in [3.8, 4) is 5.69 Å². The van der Waals surface area contributed by atoms with Gasteiger partial charge >= 0.3 is 0 Å². The van der Waals surface area contributed by atoms with Gasteiger partial charge in [-0.3, -0.25) is 10.2 Å². The van der Waals surface area contributed by atoms with Crippen molar-refractivity contribution in [1.29, 1.82) is 0 Å². The van der Waals surface area contributed by atoms with Crippen LogP contribution in [0.1, 0.15) is 53.0 Å². The Morgan fingerprint density at radius 1 is 1.12 bits per heavy atom. The van der Waals surface area contributed by atoms with Gasteiger partial charge in [0.25, 0.3) is 5.91 Å². The maximum atomic E-state index is 13.3. The van der Waals surface area contributed by atoms with Crippen molar-refractivity contribution in [2.75, 3.05) is 19.7 Å². The number of nitrogens with one attached hydrogen (secondary N) is 1. The summed E-state index contributed by atoms with van der Waals surface area (Å²) in [7, 11) is 0. The van der Waals surface area contributed by atoms with Crippen LogP contribution in [0.5, 0.6) is 0 Å². The quantitative estimate of drug-likeness (QED) is 0.487. The molecule has 0 radical (unpaired) electrons. The third kappa shape index (κ3) is 4.88. The number of aromatic nitrogens is 2. The predicted molar refractivity (Wildman–Crippen MR) is 133 cm³/mol. The molecule has 0 unspecified atom stereocenters. The summed E-state index contributed by atoms with van der Waals surface area (Å²) in [5.41, 5.74) is 7.73. The minimum Gasteiger partial charge on any atom is -0.372 e. The van der Waals surface area contributed by atoms with E-state index in [1.807, 2.05) is 16.5 Å². The number of ether oxygens (including phenoxy) is 1. The molecule has 33 heavy (non-hydrogen) atoms. The molecule has 0 saturated carbocycles. The summed E-state index contributed by atoms with van der Waals surface area (Å²) in [4.78, 5) is 13.3. The van der Waals surface area contributed by atoms with Crippen molar-refractivity contribution in [1.82, 2.24) is 20.2 Å². The molecule has 2 aliphatic heterocycles. The van der Waals surface area contributed by atoms with Crippen LogP contribution in [-0.2, 0) is 11.3 Å². The number of hydrogen-bond acceptors (Lipinski definition) is 5. The zero-order chi connectivity index (χ0) is 22.8. The monoisotopic (exact) mass is 502 g/mol. The lowest BCUT2D eigenvalue weighted by Gasteiger charge is -2.21. The summed E-state index contributed by atoms with van der Waals surface area (Å²) < 4.78 is 7.65. The number of thiophene rings is 1. The van der Waals surface area contributed by atoms with Crippen LogP contribution in [0.2, 0.25) is 10.0 Å². The van der Waals surface area contributed by atoms with Gasteiger partial charge in [-0.25, -0.2) is 9.69 Å². The average Bonchev–Trinajstić information content (AvgIpc) is 3.37. The highest BCUT2D eigenvalue weighted by Gasteiger charge is 2.30. The SMILES string of the molecule is O=C(NN1CCCCCC1)c1nn(-c2ccc(Cl)cc2Cl)c2c1COCC2=Cc1ccsc1. The second-order valence-electron chi connectivity index (χ2n) is 8.24. The molecular weight excluding hydrogens is 479 g/mol. The molecule has 2 aromatic heterocycles. The van der Waals surface area contributed by atoms with E-state index in [0.717, 1.165) is 48.3 Å². The minimum absolute atomic E-state index is 0.225. The van der Waals surface area contributed by atoms with Crippen molar-refractivity contribution >= 4 is 52.1 Å². The summed E-state index contributed by atoms with van der Waals surface area (Å²) in [5.74, 6) is -0.225. The van der Waals surface area contributed by atoms with Crippen molar-refractivity contribution in [2.45, 2.75) is 32.3 Å². The lowest BCUT2D eigenvalue weighted by Crippen LogP contribution is -2.43. The van der Waals surface area contributed by atoms with E-state index in [-0.39, 0.29) is 5.91 Å². The number of amides is 1. The van der Waals surface area contributed by atoms with E-state index in [1.165, 1.54) is 12.8 Å². The number of fused-ring (bicyclic) bond motifs is 1. The minimum atomic E-state index is -0.225. The molecule has 6 nitrogen and oxygen atoms in total. The summed E-state index contributed by atoms with van der Waals surface area (Å²) in [6, 6.07) is 7.33. The summed E-state index contributed by atoms with van der Waals surface area (Å²) in [5, 5.41) is 11.9. The van der Waals surface area contributed by atoms with Gasteiger partial charge in [-0.15, -0.1) is 0 Å². The number of rotatable bonds is 4. The Kier molecular flexibility index (Phi) is 6.85. The third-order valence-electron chi connectivity index (χ3n) is 5.89. The lowest BCUT2D eigenvalue weighted by atomic mass is 10.0. The molecule has 9 heteroatoms. The van der Waals surface area contributed by atoms with E-state index < -0.39 is 0 Å². The Balaban J connectivity index is 1.59. The Labute approximate surface area is 206 Å². The number of carbonyl (C=O) groups excluding carboxylic acids is 1. The van der Waals surface area contributed by atoms with E-state index >= 15 is 0 Å². The fraction of sp³-hybridized carbons (Fsp3) is 0.333. The largest absolute Gasteiger partial charge is 0.372 e. The Morgan fingerprint density at radius 3 is 2.67 bits per heavy atom.